The van der Waals surface area contributed by atoms with Crippen LogP contribution in [0.5, 0.6) is 0 Å². The molecular weight excluding hydrogens is 498 g/mol. The topological polar surface area (TPSA) is 116 Å². The molecule has 2 amide bonds. The van der Waals surface area contributed by atoms with E-state index in [4.69, 9.17) is 23.2 Å². The standard InChI is InChI=1S/C21H14Cl2F3N5O3/c22-10-4-5-13(23)14(7-10)28-18(33)12-8-15(32)29-17-16(12)19(34)31-20(30-17)27-11-3-1-2-9(6-11)21(24,25)26/h1-7,12H,8H2,(H,28,33)(H3,27,29,30,31,32,34)/t12-/m0/s1. The fourth-order valence-corrected chi connectivity index (χ4v) is 3.71. The van der Waals surface area contributed by atoms with E-state index in [1.165, 1.54) is 30.3 Å². The quantitative estimate of drug-likeness (QED) is 0.397. The van der Waals surface area contributed by atoms with Crippen LogP contribution in [0.3, 0.4) is 0 Å². The smallest absolute Gasteiger partial charge is 0.326 e. The van der Waals surface area contributed by atoms with Gasteiger partial charge in [0.25, 0.3) is 5.56 Å². The summed E-state index contributed by atoms with van der Waals surface area (Å²) >= 11 is 12.0. The largest absolute Gasteiger partial charge is 0.416 e. The van der Waals surface area contributed by atoms with Crippen LogP contribution >= 0.6 is 23.2 Å². The SMILES string of the molecule is O=C1C[C@H](C(=O)Nc2cc(Cl)ccc2Cl)c2c(nc(Nc3cccc(C(F)(F)F)c3)[nH]c2=O)N1. The maximum atomic E-state index is 13.0. The normalized spacial score (nSPS) is 15.3. The van der Waals surface area contributed by atoms with Crippen molar-refractivity contribution in [1.29, 1.82) is 0 Å². The second kappa shape index (κ2) is 8.99. The third kappa shape index (κ3) is 5.00. The van der Waals surface area contributed by atoms with E-state index in [-0.39, 0.29) is 40.1 Å². The van der Waals surface area contributed by atoms with Crippen LogP contribution in [0.25, 0.3) is 0 Å². The second-order valence-electron chi connectivity index (χ2n) is 7.30. The molecule has 8 nitrogen and oxygen atoms in total. The lowest BCUT2D eigenvalue weighted by molar-refractivity contribution is -0.137. The zero-order valence-corrected chi connectivity index (χ0v) is 18.4. The molecule has 0 unspecified atom stereocenters. The number of H-pyrrole nitrogens is 1. The van der Waals surface area contributed by atoms with Gasteiger partial charge in [-0.2, -0.15) is 18.2 Å². The third-order valence-electron chi connectivity index (χ3n) is 4.91. The third-order valence-corrected chi connectivity index (χ3v) is 5.47. The van der Waals surface area contributed by atoms with E-state index in [1.54, 1.807) is 0 Å². The molecular formula is C21H14Cl2F3N5O3. The van der Waals surface area contributed by atoms with Crippen molar-refractivity contribution in [3.63, 3.8) is 0 Å². The van der Waals surface area contributed by atoms with Crippen LogP contribution in [0.4, 0.5) is 36.3 Å². The summed E-state index contributed by atoms with van der Waals surface area (Å²) in [5.74, 6) is -2.87. The Kier molecular flexibility index (Phi) is 6.24. The van der Waals surface area contributed by atoms with E-state index >= 15 is 0 Å². The Bertz CT molecular complexity index is 1360. The van der Waals surface area contributed by atoms with E-state index in [0.717, 1.165) is 12.1 Å². The van der Waals surface area contributed by atoms with Crippen molar-refractivity contribution in [2.45, 2.75) is 18.5 Å². The molecule has 34 heavy (non-hydrogen) atoms. The van der Waals surface area contributed by atoms with Crippen LogP contribution in [-0.4, -0.2) is 21.8 Å². The molecule has 2 heterocycles. The minimum atomic E-state index is -4.56. The van der Waals surface area contributed by atoms with Crippen LogP contribution in [0, 0.1) is 0 Å². The number of rotatable bonds is 4. The number of aromatic amines is 1. The number of nitrogens with one attached hydrogen (secondary N) is 4. The Morgan fingerprint density at radius 2 is 1.88 bits per heavy atom. The average Bonchev–Trinajstić information content (AvgIpc) is 2.75. The molecule has 1 atom stereocenters. The summed E-state index contributed by atoms with van der Waals surface area (Å²) in [5.41, 5.74) is -1.56. The van der Waals surface area contributed by atoms with Crippen LogP contribution in [-0.2, 0) is 15.8 Å². The molecule has 176 valence electrons. The molecule has 0 saturated heterocycles. The van der Waals surface area contributed by atoms with Crippen molar-refractivity contribution in [3.8, 4) is 0 Å². The van der Waals surface area contributed by atoms with Gasteiger partial charge in [-0.05, 0) is 36.4 Å². The molecule has 0 aliphatic carbocycles. The van der Waals surface area contributed by atoms with Crippen LogP contribution in [0.15, 0.2) is 47.3 Å². The molecule has 0 radical (unpaired) electrons. The number of carbonyl (C=O) groups excluding carboxylic acids is 2. The summed E-state index contributed by atoms with van der Waals surface area (Å²) in [4.78, 5) is 44.4. The minimum absolute atomic E-state index is 0.00459. The van der Waals surface area contributed by atoms with Crippen LogP contribution in [0.2, 0.25) is 10.0 Å². The first-order valence-electron chi connectivity index (χ1n) is 9.65. The average molecular weight is 512 g/mol. The highest BCUT2D eigenvalue weighted by Gasteiger charge is 2.35. The number of hydrogen-bond acceptors (Lipinski definition) is 5. The predicted octanol–water partition coefficient (Wildman–Crippen LogP) is 4.90. The number of hydrogen-bond donors (Lipinski definition) is 4. The number of amides is 2. The van der Waals surface area contributed by atoms with Crippen molar-refractivity contribution < 1.29 is 22.8 Å². The van der Waals surface area contributed by atoms with Crippen molar-refractivity contribution in [3.05, 3.63) is 74.0 Å². The Hall–Kier alpha value is -3.57. The summed E-state index contributed by atoms with van der Waals surface area (Å²) in [5, 5.41) is 8.04. The molecule has 0 saturated carbocycles. The zero-order chi connectivity index (χ0) is 24.6. The van der Waals surface area contributed by atoms with Gasteiger partial charge < -0.3 is 16.0 Å². The van der Waals surface area contributed by atoms with Gasteiger partial charge in [0.05, 0.1) is 27.8 Å². The van der Waals surface area contributed by atoms with E-state index < -0.39 is 35.0 Å². The summed E-state index contributed by atoms with van der Waals surface area (Å²) in [6, 6.07) is 8.67. The minimum Gasteiger partial charge on any atom is -0.326 e. The molecule has 0 fully saturated rings. The fourth-order valence-electron chi connectivity index (χ4n) is 3.38. The Morgan fingerprint density at radius 3 is 2.62 bits per heavy atom. The van der Waals surface area contributed by atoms with Gasteiger partial charge in [-0.3, -0.25) is 19.4 Å². The lowest BCUT2D eigenvalue weighted by atomic mass is 9.92. The van der Waals surface area contributed by atoms with E-state index in [0.29, 0.717) is 5.02 Å². The fraction of sp³-hybridized carbons (Fsp3) is 0.143. The number of benzene rings is 2. The van der Waals surface area contributed by atoms with Gasteiger partial charge in [0.15, 0.2) is 0 Å². The van der Waals surface area contributed by atoms with Gasteiger partial charge in [-0.25, -0.2) is 0 Å². The molecule has 4 N–H and O–H groups in total. The van der Waals surface area contributed by atoms with Crippen molar-refractivity contribution in [2.75, 3.05) is 16.0 Å². The summed E-state index contributed by atoms with van der Waals surface area (Å²) in [7, 11) is 0. The summed E-state index contributed by atoms with van der Waals surface area (Å²) in [6.45, 7) is 0. The lowest BCUT2D eigenvalue weighted by Crippen LogP contribution is -2.36. The van der Waals surface area contributed by atoms with Crippen LogP contribution < -0.4 is 21.5 Å². The number of halogens is 5. The van der Waals surface area contributed by atoms with Gasteiger partial charge in [0, 0.05) is 17.1 Å². The number of aromatic nitrogens is 2. The first-order chi connectivity index (χ1) is 16.0. The Labute approximate surface area is 199 Å². The number of carbonyl (C=O) groups is 2. The van der Waals surface area contributed by atoms with E-state index in [9.17, 15) is 27.6 Å². The molecule has 4 rings (SSSR count). The Balaban J connectivity index is 1.64. The van der Waals surface area contributed by atoms with Crippen molar-refractivity contribution >= 4 is 58.2 Å². The zero-order valence-electron chi connectivity index (χ0n) is 16.9. The molecule has 13 heteroatoms. The first-order valence-corrected chi connectivity index (χ1v) is 10.4. The number of alkyl halides is 3. The molecule has 1 aliphatic heterocycles. The second-order valence-corrected chi connectivity index (χ2v) is 8.14. The summed E-state index contributed by atoms with van der Waals surface area (Å²) < 4.78 is 38.9. The number of fused-ring (bicyclic) bond motifs is 1. The van der Waals surface area contributed by atoms with Crippen molar-refractivity contribution in [1.82, 2.24) is 9.97 Å². The molecule has 2 aromatic carbocycles. The maximum Gasteiger partial charge on any atom is 0.416 e. The van der Waals surface area contributed by atoms with E-state index in [2.05, 4.69) is 25.9 Å². The summed E-state index contributed by atoms with van der Waals surface area (Å²) in [6.07, 6.45) is -4.89. The van der Waals surface area contributed by atoms with Gasteiger partial charge in [-0.1, -0.05) is 29.3 Å². The Morgan fingerprint density at radius 1 is 1.12 bits per heavy atom. The predicted molar refractivity (Wildman–Crippen MR) is 121 cm³/mol. The molecule has 3 aromatic rings. The monoisotopic (exact) mass is 511 g/mol. The highest BCUT2D eigenvalue weighted by molar-refractivity contribution is 6.35. The van der Waals surface area contributed by atoms with Gasteiger partial charge in [0.2, 0.25) is 17.8 Å². The molecule has 1 aliphatic rings. The van der Waals surface area contributed by atoms with Gasteiger partial charge in [0.1, 0.15) is 5.82 Å². The molecule has 1 aromatic heterocycles. The van der Waals surface area contributed by atoms with E-state index in [1.807, 2.05) is 0 Å². The molecule has 0 spiro atoms. The van der Waals surface area contributed by atoms with Gasteiger partial charge in [-0.15, -0.1) is 0 Å². The first kappa shape index (κ1) is 23.6. The highest BCUT2D eigenvalue weighted by atomic mass is 35.5. The number of nitrogens with zero attached hydrogens (tertiary/aromatic N) is 1. The molecule has 0 bridgehead atoms. The lowest BCUT2D eigenvalue weighted by Gasteiger charge is -2.24. The highest BCUT2D eigenvalue weighted by Crippen LogP contribution is 2.33. The van der Waals surface area contributed by atoms with Gasteiger partial charge >= 0.3 is 6.18 Å². The maximum absolute atomic E-state index is 13.0. The number of anilines is 4. The van der Waals surface area contributed by atoms with Crippen LogP contribution in [0.1, 0.15) is 23.5 Å². The van der Waals surface area contributed by atoms with Crippen molar-refractivity contribution in [2.24, 2.45) is 0 Å².